The number of carbonyl (C=O) groups is 2. The molecular formula is C24H36N2O7. The second-order valence-electron chi connectivity index (χ2n) is 9.87. The Morgan fingerprint density at radius 2 is 1.82 bits per heavy atom. The minimum atomic E-state index is -0.619. The maximum absolute atomic E-state index is 12.9. The van der Waals surface area contributed by atoms with Gasteiger partial charge < -0.3 is 33.9 Å². The summed E-state index contributed by atoms with van der Waals surface area (Å²) >= 11 is 0. The van der Waals surface area contributed by atoms with Gasteiger partial charge in [-0.25, -0.2) is 4.79 Å². The molecule has 1 aromatic rings. The molecule has 3 rings (SSSR count). The molecule has 9 nitrogen and oxygen atoms in total. The molecule has 184 valence electrons. The van der Waals surface area contributed by atoms with E-state index in [2.05, 4.69) is 5.32 Å². The summed E-state index contributed by atoms with van der Waals surface area (Å²) in [4.78, 5) is 26.8. The maximum atomic E-state index is 12.9. The van der Waals surface area contributed by atoms with Crippen LogP contribution in [0.3, 0.4) is 0 Å². The van der Waals surface area contributed by atoms with E-state index in [4.69, 9.17) is 23.7 Å². The first kappa shape index (κ1) is 25.1. The molecular weight excluding hydrogens is 428 g/mol. The number of carbonyl (C=O) groups excluding carboxylic acids is 2. The summed E-state index contributed by atoms with van der Waals surface area (Å²) in [7, 11) is 1.55. The predicted molar refractivity (Wildman–Crippen MR) is 122 cm³/mol. The molecule has 2 aliphatic heterocycles. The Balaban J connectivity index is 1.54. The van der Waals surface area contributed by atoms with E-state index in [0.29, 0.717) is 56.2 Å². The third-order valence-electron chi connectivity index (χ3n) is 5.36. The molecule has 2 saturated heterocycles. The topological polar surface area (TPSA) is 95.6 Å². The van der Waals surface area contributed by atoms with Crippen molar-refractivity contribution in [2.24, 2.45) is 0 Å². The van der Waals surface area contributed by atoms with Gasteiger partial charge in [0.05, 0.1) is 13.7 Å². The van der Waals surface area contributed by atoms with Crippen LogP contribution in [0.1, 0.15) is 57.8 Å². The Hall–Kier alpha value is -2.52. The molecule has 2 heterocycles. The number of rotatable bonds is 6. The Kier molecular flexibility index (Phi) is 7.74. The van der Waals surface area contributed by atoms with Crippen LogP contribution in [0.25, 0.3) is 0 Å². The van der Waals surface area contributed by atoms with Gasteiger partial charge in [0.2, 0.25) is 0 Å². The highest BCUT2D eigenvalue weighted by Gasteiger charge is 2.33. The number of hydrogen-bond donors (Lipinski definition) is 1. The smallest absolute Gasteiger partial charge is 0.410 e. The average Bonchev–Trinajstić information content (AvgIpc) is 3.10. The fourth-order valence-electron chi connectivity index (χ4n) is 3.74. The number of amides is 2. The van der Waals surface area contributed by atoms with Crippen LogP contribution in [-0.4, -0.2) is 73.8 Å². The highest BCUT2D eigenvalue weighted by atomic mass is 16.7. The maximum Gasteiger partial charge on any atom is 0.410 e. The van der Waals surface area contributed by atoms with E-state index in [0.717, 1.165) is 0 Å². The number of likely N-dealkylation sites (tertiary alicyclic amines) is 1. The number of methoxy groups -OCH3 is 1. The van der Waals surface area contributed by atoms with Gasteiger partial charge in [-0.15, -0.1) is 0 Å². The Morgan fingerprint density at radius 3 is 2.39 bits per heavy atom. The van der Waals surface area contributed by atoms with Crippen molar-refractivity contribution in [3.05, 3.63) is 23.8 Å². The van der Waals surface area contributed by atoms with Crippen LogP contribution < -0.4 is 14.8 Å². The van der Waals surface area contributed by atoms with Crippen LogP contribution in [0.2, 0.25) is 0 Å². The van der Waals surface area contributed by atoms with E-state index in [9.17, 15) is 9.59 Å². The van der Waals surface area contributed by atoms with Crippen molar-refractivity contribution in [1.82, 2.24) is 10.2 Å². The molecule has 0 spiro atoms. The number of nitrogens with zero attached hydrogens (tertiary/aromatic N) is 1. The highest BCUT2D eigenvalue weighted by Crippen LogP contribution is 2.26. The first-order valence-electron chi connectivity index (χ1n) is 11.4. The second-order valence-corrected chi connectivity index (χ2v) is 9.87. The predicted octanol–water partition coefficient (Wildman–Crippen LogP) is 3.35. The molecule has 2 amide bonds. The first-order valence-corrected chi connectivity index (χ1v) is 11.4. The minimum Gasteiger partial charge on any atom is -0.497 e. The number of piperidine rings is 1. The molecule has 0 radical (unpaired) electrons. The summed E-state index contributed by atoms with van der Waals surface area (Å²) in [5.41, 5.74) is -0.0793. The van der Waals surface area contributed by atoms with Gasteiger partial charge >= 0.3 is 6.09 Å². The number of benzene rings is 1. The second kappa shape index (κ2) is 10.2. The molecule has 0 bridgehead atoms. The summed E-state index contributed by atoms with van der Waals surface area (Å²) < 4.78 is 28.0. The van der Waals surface area contributed by atoms with E-state index in [-0.39, 0.29) is 24.1 Å². The molecule has 1 N–H and O–H groups in total. The van der Waals surface area contributed by atoms with Crippen molar-refractivity contribution in [2.75, 3.05) is 33.4 Å². The lowest BCUT2D eigenvalue weighted by Gasteiger charge is -2.33. The third-order valence-corrected chi connectivity index (χ3v) is 5.36. The zero-order valence-electron chi connectivity index (χ0n) is 20.4. The quantitative estimate of drug-likeness (QED) is 0.690. The molecule has 0 saturated carbocycles. The van der Waals surface area contributed by atoms with Gasteiger partial charge in [0.15, 0.2) is 5.79 Å². The van der Waals surface area contributed by atoms with Crippen LogP contribution in [0, 0.1) is 0 Å². The summed E-state index contributed by atoms with van der Waals surface area (Å²) in [6.45, 7) is 11.1. The summed E-state index contributed by atoms with van der Waals surface area (Å²) in [5, 5.41) is 3.06. The molecule has 1 atom stereocenters. The van der Waals surface area contributed by atoms with Crippen molar-refractivity contribution in [2.45, 2.75) is 71.0 Å². The summed E-state index contributed by atoms with van der Waals surface area (Å²) in [6.07, 6.45) is 0.820. The largest absolute Gasteiger partial charge is 0.497 e. The molecule has 1 aromatic carbocycles. The van der Waals surface area contributed by atoms with E-state index in [1.54, 1.807) is 30.2 Å². The van der Waals surface area contributed by atoms with E-state index in [1.807, 2.05) is 34.6 Å². The molecule has 2 fully saturated rings. The fourth-order valence-corrected chi connectivity index (χ4v) is 3.74. The van der Waals surface area contributed by atoms with Gasteiger partial charge in [-0.05, 0) is 59.6 Å². The van der Waals surface area contributed by atoms with Crippen molar-refractivity contribution in [1.29, 1.82) is 0 Å². The van der Waals surface area contributed by atoms with E-state index < -0.39 is 11.4 Å². The monoisotopic (exact) mass is 464 g/mol. The van der Waals surface area contributed by atoms with Crippen molar-refractivity contribution in [3.63, 3.8) is 0 Å². The van der Waals surface area contributed by atoms with Gasteiger partial charge in [-0.2, -0.15) is 0 Å². The first-order chi connectivity index (χ1) is 15.4. The standard InChI is InChI=1S/C24H36N2O7/c1-23(2,3)33-22(28)26-9-7-17(8-10-26)25-21(27)16-11-18(29-6)13-19(12-16)30-14-20-15-31-24(4,5)32-20/h11-13,17,20H,7-10,14-15H2,1-6H3,(H,25,27). The molecule has 2 aliphatic rings. The Bertz CT molecular complexity index is 842. The van der Waals surface area contributed by atoms with Crippen LogP contribution >= 0.6 is 0 Å². The molecule has 0 aliphatic carbocycles. The lowest BCUT2D eigenvalue weighted by atomic mass is 10.0. The van der Waals surface area contributed by atoms with Crippen molar-refractivity contribution < 1.29 is 33.3 Å². The fraction of sp³-hybridized carbons (Fsp3) is 0.667. The Morgan fingerprint density at radius 1 is 1.15 bits per heavy atom. The van der Waals surface area contributed by atoms with E-state index >= 15 is 0 Å². The van der Waals surface area contributed by atoms with Crippen LogP contribution in [-0.2, 0) is 14.2 Å². The van der Waals surface area contributed by atoms with Crippen LogP contribution in [0.15, 0.2) is 18.2 Å². The van der Waals surface area contributed by atoms with Crippen LogP contribution in [0.4, 0.5) is 4.79 Å². The van der Waals surface area contributed by atoms with E-state index in [1.165, 1.54) is 0 Å². The minimum absolute atomic E-state index is 0.0296. The van der Waals surface area contributed by atoms with Gasteiger partial charge in [0.1, 0.15) is 29.8 Å². The number of hydrogen-bond acceptors (Lipinski definition) is 7. The van der Waals surface area contributed by atoms with Gasteiger partial charge in [-0.1, -0.05) is 0 Å². The summed E-state index contributed by atoms with van der Waals surface area (Å²) in [6, 6.07) is 5.07. The molecule has 33 heavy (non-hydrogen) atoms. The molecule has 9 heteroatoms. The highest BCUT2D eigenvalue weighted by molar-refractivity contribution is 5.95. The molecule has 1 unspecified atom stereocenters. The zero-order valence-corrected chi connectivity index (χ0v) is 20.4. The van der Waals surface area contributed by atoms with Crippen molar-refractivity contribution in [3.8, 4) is 11.5 Å². The van der Waals surface area contributed by atoms with Gasteiger partial charge in [-0.3, -0.25) is 4.79 Å². The third kappa shape index (κ3) is 7.50. The number of ether oxygens (including phenoxy) is 5. The molecule has 0 aromatic heterocycles. The normalized spacial score (nSPS) is 20.9. The summed E-state index contributed by atoms with van der Waals surface area (Å²) in [5.74, 6) is 0.219. The zero-order chi connectivity index (χ0) is 24.2. The Labute approximate surface area is 195 Å². The van der Waals surface area contributed by atoms with Crippen molar-refractivity contribution >= 4 is 12.0 Å². The van der Waals surface area contributed by atoms with Crippen LogP contribution in [0.5, 0.6) is 11.5 Å². The lowest BCUT2D eigenvalue weighted by molar-refractivity contribution is -0.141. The average molecular weight is 465 g/mol. The SMILES string of the molecule is COc1cc(OCC2COC(C)(C)O2)cc(C(=O)NC2CCN(C(=O)OC(C)(C)C)CC2)c1. The van der Waals surface area contributed by atoms with Gasteiger partial charge in [0, 0.05) is 30.8 Å². The lowest BCUT2D eigenvalue weighted by Crippen LogP contribution is -2.47. The number of nitrogens with one attached hydrogen (secondary N) is 1. The van der Waals surface area contributed by atoms with Gasteiger partial charge in [0.25, 0.3) is 5.91 Å².